The van der Waals surface area contributed by atoms with Crippen molar-refractivity contribution in [2.75, 3.05) is 12.0 Å². The number of aromatic nitrogens is 2. The minimum Gasteiger partial charge on any atom is -0.465 e. The van der Waals surface area contributed by atoms with E-state index < -0.39 is 0 Å². The molecular weight excluding hydrogens is 480 g/mol. The Hall–Kier alpha value is -3.97. The molecule has 3 heterocycles. The van der Waals surface area contributed by atoms with Crippen molar-refractivity contribution in [3.8, 4) is 5.69 Å². The number of methoxy groups -OCH3 is 1. The number of nitrogens with one attached hydrogen (secondary N) is 1. The van der Waals surface area contributed by atoms with Crippen molar-refractivity contribution in [3.05, 3.63) is 112 Å². The number of benzene rings is 2. The third-order valence-electron chi connectivity index (χ3n) is 6.92. The lowest BCUT2D eigenvalue weighted by Crippen LogP contribution is -2.29. The van der Waals surface area contributed by atoms with E-state index in [1.54, 1.807) is 6.07 Å². The molecular formula is C30H30N4O2S. The SMILES string of the molecule is COC(=O)c1ccccc1-n1c(C)cc(C2C(c3ccccn3)NC(=S)N2c2cc(C)cc(C)c2)c1C. The topological polar surface area (TPSA) is 59.4 Å². The molecule has 0 amide bonds. The van der Waals surface area contributed by atoms with Crippen LogP contribution < -0.4 is 10.2 Å². The van der Waals surface area contributed by atoms with E-state index in [-0.39, 0.29) is 18.1 Å². The van der Waals surface area contributed by atoms with E-state index in [1.165, 1.54) is 18.2 Å². The van der Waals surface area contributed by atoms with Gasteiger partial charge in [-0.1, -0.05) is 24.3 Å². The maximum atomic E-state index is 12.6. The number of ether oxygens (including phenoxy) is 1. The van der Waals surface area contributed by atoms with Crippen LogP contribution in [0.15, 0.2) is 72.9 Å². The van der Waals surface area contributed by atoms with Crippen molar-refractivity contribution < 1.29 is 9.53 Å². The van der Waals surface area contributed by atoms with E-state index in [0.29, 0.717) is 10.7 Å². The normalized spacial score (nSPS) is 17.1. The van der Waals surface area contributed by atoms with Gasteiger partial charge in [0.05, 0.1) is 36.1 Å². The minimum absolute atomic E-state index is 0.145. The smallest absolute Gasteiger partial charge is 0.339 e. The third-order valence-corrected chi connectivity index (χ3v) is 7.24. The summed E-state index contributed by atoms with van der Waals surface area (Å²) in [6.45, 7) is 8.35. The Morgan fingerprint density at radius 3 is 2.35 bits per heavy atom. The summed E-state index contributed by atoms with van der Waals surface area (Å²) in [5, 5.41) is 4.21. The van der Waals surface area contributed by atoms with Gasteiger partial charge in [-0.2, -0.15) is 0 Å². The Morgan fingerprint density at radius 1 is 0.973 bits per heavy atom. The minimum atomic E-state index is -0.364. The first-order valence-electron chi connectivity index (χ1n) is 12.3. The number of thiocarbonyl (C=S) groups is 1. The Labute approximate surface area is 222 Å². The highest BCUT2D eigenvalue weighted by Gasteiger charge is 2.42. The maximum absolute atomic E-state index is 12.6. The molecule has 2 aromatic carbocycles. The fourth-order valence-corrected chi connectivity index (χ4v) is 5.79. The van der Waals surface area contributed by atoms with Crippen LogP contribution in [-0.2, 0) is 4.74 Å². The number of para-hydroxylation sites is 1. The van der Waals surface area contributed by atoms with Gasteiger partial charge in [0.25, 0.3) is 0 Å². The molecule has 2 aromatic heterocycles. The molecule has 2 unspecified atom stereocenters. The van der Waals surface area contributed by atoms with Gasteiger partial charge in [-0.25, -0.2) is 4.79 Å². The average Bonchev–Trinajstić information content (AvgIpc) is 3.38. The molecule has 1 aliphatic rings. The number of hydrogen-bond acceptors (Lipinski definition) is 4. The van der Waals surface area contributed by atoms with Gasteiger partial charge < -0.3 is 19.5 Å². The highest BCUT2D eigenvalue weighted by molar-refractivity contribution is 7.80. The number of anilines is 1. The molecule has 4 aromatic rings. The van der Waals surface area contributed by atoms with Crippen molar-refractivity contribution in [1.29, 1.82) is 0 Å². The quantitative estimate of drug-likeness (QED) is 0.260. The van der Waals surface area contributed by atoms with Gasteiger partial charge in [-0.05, 0) is 99.1 Å². The van der Waals surface area contributed by atoms with Crippen LogP contribution in [0.4, 0.5) is 5.69 Å². The number of carbonyl (C=O) groups excluding carboxylic acids is 1. The van der Waals surface area contributed by atoms with E-state index >= 15 is 0 Å². The molecule has 6 nitrogen and oxygen atoms in total. The van der Waals surface area contributed by atoms with Crippen LogP contribution in [0.5, 0.6) is 0 Å². The van der Waals surface area contributed by atoms with Gasteiger partial charge in [-0.3, -0.25) is 4.98 Å². The number of esters is 1. The number of pyridine rings is 1. The van der Waals surface area contributed by atoms with Crippen LogP contribution in [0.25, 0.3) is 5.69 Å². The molecule has 1 aliphatic heterocycles. The number of hydrogen-bond donors (Lipinski definition) is 1. The fraction of sp³-hybridized carbons (Fsp3) is 0.233. The standard InChI is InChI=1S/C30H30N4O2S/c1-18-14-19(2)16-22(15-18)34-28(27(32-30(34)37)25-11-8-9-13-31-25)24-17-20(3)33(21(24)4)26-12-7-6-10-23(26)29(35)36-5/h6-17,27-28H,1-5H3,(H,32,37). The molecule has 1 fully saturated rings. The summed E-state index contributed by atoms with van der Waals surface area (Å²) >= 11 is 5.93. The van der Waals surface area contributed by atoms with Crippen LogP contribution >= 0.6 is 12.2 Å². The number of rotatable bonds is 5. The summed E-state index contributed by atoms with van der Waals surface area (Å²) in [7, 11) is 1.41. The first-order valence-corrected chi connectivity index (χ1v) is 12.7. The lowest BCUT2D eigenvalue weighted by molar-refractivity contribution is 0.0600. The first kappa shape index (κ1) is 24.7. The average molecular weight is 511 g/mol. The molecule has 2 atom stereocenters. The van der Waals surface area contributed by atoms with Crippen molar-refractivity contribution in [3.63, 3.8) is 0 Å². The van der Waals surface area contributed by atoms with E-state index in [2.05, 4.69) is 71.7 Å². The van der Waals surface area contributed by atoms with Crippen LogP contribution in [0, 0.1) is 27.7 Å². The summed E-state index contributed by atoms with van der Waals surface area (Å²) in [6.07, 6.45) is 1.81. The summed E-state index contributed by atoms with van der Waals surface area (Å²) in [5.41, 5.74) is 8.77. The molecule has 37 heavy (non-hydrogen) atoms. The van der Waals surface area contributed by atoms with E-state index in [0.717, 1.165) is 34.0 Å². The van der Waals surface area contributed by atoms with Crippen molar-refractivity contribution in [2.45, 2.75) is 39.8 Å². The number of carbonyl (C=O) groups is 1. The zero-order valence-corrected chi connectivity index (χ0v) is 22.5. The van der Waals surface area contributed by atoms with Crippen LogP contribution in [0.3, 0.4) is 0 Å². The fourth-order valence-electron chi connectivity index (χ4n) is 5.45. The maximum Gasteiger partial charge on any atom is 0.339 e. The summed E-state index contributed by atoms with van der Waals surface area (Å²) in [6, 6.07) is 21.9. The van der Waals surface area contributed by atoms with Crippen molar-refractivity contribution in [2.24, 2.45) is 0 Å². The summed E-state index contributed by atoms with van der Waals surface area (Å²) in [4.78, 5) is 19.5. The van der Waals surface area contributed by atoms with Gasteiger partial charge in [0.1, 0.15) is 0 Å². The lowest BCUT2D eigenvalue weighted by atomic mass is 9.96. The summed E-state index contributed by atoms with van der Waals surface area (Å²) in [5.74, 6) is -0.364. The second-order valence-electron chi connectivity index (χ2n) is 9.51. The molecule has 5 rings (SSSR count). The second kappa shape index (κ2) is 9.82. The molecule has 0 spiro atoms. The first-order chi connectivity index (χ1) is 17.8. The Balaban J connectivity index is 1.71. The van der Waals surface area contributed by atoms with Gasteiger partial charge >= 0.3 is 5.97 Å². The molecule has 7 heteroatoms. The Bertz CT molecular complexity index is 1470. The number of aryl methyl sites for hydroxylation is 3. The van der Waals surface area contributed by atoms with Crippen LogP contribution in [0.2, 0.25) is 0 Å². The monoisotopic (exact) mass is 510 g/mol. The van der Waals surface area contributed by atoms with Crippen LogP contribution in [0.1, 0.15) is 56.2 Å². The second-order valence-corrected chi connectivity index (χ2v) is 9.90. The molecule has 1 saturated heterocycles. The molecule has 0 radical (unpaired) electrons. The predicted octanol–water partition coefficient (Wildman–Crippen LogP) is 6.07. The number of nitrogens with zero attached hydrogens (tertiary/aromatic N) is 3. The largest absolute Gasteiger partial charge is 0.465 e. The Kier molecular flexibility index (Phi) is 6.56. The molecule has 188 valence electrons. The highest BCUT2D eigenvalue weighted by atomic mass is 32.1. The van der Waals surface area contributed by atoms with Crippen LogP contribution in [-0.4, -0.2) is 27.7 Å². The van der Waals surface area contributed by atoms with Gasteiger partial charge in [0.2, 0.25) is 0 Å². The zero-order valence-electron chi connectivity index (χ0n) is 21.6. The molecule has 0 bridgehead atoms. The molecule has 0 aliphatic carbocycles. The van der Waals surface area contributed by atoms with Gasteiger partial charge in [-0.15, -0.1) is 0 Å². The van der Waals surface area contributed by atoms with E-state index in [1.807, 2.05) is 42.6 Å². The zero-order chi connectivity index (χ0) is 26.3. The van der Waals surface area contributed by atoms with Crippen molar-refractivity contribution >= 4 is 29.0 Å². The van der Waals surface area contributed by atoms with E-state index in [9.17, 15) is 4.79 Å². The lowest BCUT2D eigenvalue weighted by Gasteiger charge is -2.29. The predicted molar refractivity (Wildman–Crippen MR) is 150 cm³/mol. The Morgan fingerprint density at radius 2 is 1.68 bits per heavy atom. The molecule has 0 saturated carbocycles. The molecule has 1 N–H and O–H groups in total. The van der Waals surface area contributed by atoms with E-state index in [4.69, 9.17) is 17.0 Å². The van der Waals surface area contributed by atoms with Gasteiger partial charge in [0.15, 0.2) is 5.11 Å². The van der Waals surface area contributed by atoms with Gasteiger partial charge in [0, 0.05) is 23.3 Å². The summed E-state index contributed by atoms with van der Waals surface area (Å²) < 4.78 is 7.20. The highest BCUT2D eigenvalue weighted by Crippen LogP contribution is 2.44. The third kappa shape index (κ3) is 4.40. The van der Waals surface area contributed by atoms with Crippen molar-refractivity contribution in [1.82, 2.24) is 14.9 Å².